The van der Waals surface area contributed by atoms with E-state index in [9.17, 15) is 4.39 Å². The van der Waals surface area contributed by atoms with E-state index in [-0.39, 0.29) is 11.9 Å². The molecule has 20 heavy (non-hydrogen) atoms. The van der Waals surface area contributed by atoms with Gasteiger partial charge in [0.15, 0.2) is 0 Å². The fraction of sp³-hybridized carbons (Fsp3) is 0.294. The second kappa shape index (κ2) is 6.27. The number of hydrogen-bond acceptors (Lipinski definition) is 1. The van der Waals surface area contributed by atoms with Crippen molar-refractivity contribution in [2.24, 2.45) is 0 Å². The van der Waals surface area contributed by atoms with Crippen LogP contribution >= 0.6 is 11.6 Å². The monoisotopic (exact) mass is 291 g/mol. The second-order valence-electron chi connectivity index (χ2n) is 5.31. The summed E-state index contributed by atoms with van der Waals surface area (Å²) in [6, 6.07) is 12.9. The van der Waals surface area contributed by atoms with Gasteiger partial charge in [-0.05, 0) is 42.2 Å². The lowest BCUT2D eigenvalue weighted by molar-refractivity contribution is 0.627. The third kappa shape index (κ3) is 3.51. The Labute approximate surface area is 124 Å². The Kier molecular flexibility index (Phi) is 4.66. The summed E-state index contributed by atoms with van der Waals surface area (Å²) in [5, 5.41) is 3.68. The maximum Gasteiger partial charge on any atom is 0.146 e. The molecule has 1 nitrogen and oxygen atoms in total. The Hall–Kier alpha value is -1.54. The zero-order valence-corrected chi connectivity index (χ0v) is 12.7. The molecule has 0 aliphatic rings. The zero-order chi connectivity index (χ0) is 14.7. The molecule has 0 heterocycles. The molecular formula is C17H19ClFN. The largest absolute Gasteiger partial charge is 0.376 e. The molecular weight excluding hydrogens is 273 g/mol. The molecule has 0 radical (unpaired) electrons. The highest BCUT2D eigenvalue weighted by molar-refractivity contribution is 6.30. The van der Waals surface area contributed by atoms with Crippen LogP contribution in [0.25, 0.3) is 0 Å². The fourth-order valence-corrected chi connectivity index (χ4v) is 2.27. The number of hydrogen-bond donors (Lipinski definition) is 1. The molecule has 0 aliphatic carbocycles. The van der Waals surface area contributed by atoms with Crippen LogP contribution in [-0.2, 0) is 0 Å². The van der Waals surface area contributed by atoms with Gasteiger partial charge < -0.3 is 5.32 Å². The third-order valence-corrected chi connectivity index (χ3v) is 3.64. The van der Waals surface area contributed by atoms with Gasteiger partial charge in [-0.1, -0.05) is 49.7 Å². The van der Waals surface area contributed by atoms with Crippen molar-refractivity contribution >= 4 is 17.3 Å². The van der Waals surface area contributed by atoms with Crippen LogP contribution in [0.5, 0.6) is 0 Å². The van der Waals surface area contributed by atoms with Crippen LogP contribution in [0.2, 0.25) is 5.02 Å². The van der Waals surface area contributed by atoms with Gasteiger partial charge in [-0.25, -0.2) is 4.39 Å². The Morgan fingerprint density at radius 3 is 2.15 bits per heavy atom. The molecule has 0 saturated heterocycles. The highest BCUT2D eigenvalue weighted by atomic mass is 35.5. The molecule has 1 unspecified atom stereocenters. The van der Waals surface area contributed by atoms with Crippen LogP contribution in [0, 0.1) is 5.82 Å². The van der Waals surface area contributed by atoms with Gasteiger partial charge in [-0.3, -0.25) is 0 Å². The molecule has 0 bridgehead atoms. The molecule has 0 saturated carbocycles. The van der Waals surface area contributed by atoms with E-state index in [1.807, 2.05) is 6.92 Å². The highest BCUT2D eigenvalue weighted by Crippen LogP contribution is 2.25. The summed E-state index contributed by atoms with van der Waals surface area (Å²) in [6.07, 6.45) is 0. The summed E-state index contributed by atoms with van der Waals surface area (Å²) in [5.74, 6) is 0.220. The van der Waals surface area contributed by atoms with Crippen LogP contribution < -0.4 is 5.32 Å². The van der Waals surface area contributed by atoms with E-state index >= 15 is 0 Å². The predicted octanol–water partition coefficient (Wildman–Crippen LogP) is 5.78. The van der Waals surface area contributed by atoms with Crippen molar-refractivity contribution < 1.29 is 4.39 Å². The summed E-state index contributed by atoms with van der Waals surface area (Å²) in [7, 11) is 0. The van der Waals surface area contributed by atoms with Crippen LogP contribution in [-0.4, -0.2) is 0 Å². The molecule has 2 aromatic carbocycles. The molecule has 0 amide bonds. The first-order valence-corrected chi connectivity index (χ1v) is 7.16. The Balaban J connectivity index is 2.15. The van der Waals surface area contributed by atoms with Crippen molar-refractivity contribution in [1.29, 1.82) is 0 Å². The number of nitrogens with one attached hydrogen (secondary N) is 1. The highest BCUT2D eigenvalue weighted by Gasteiger charge is 2.09. The van der Waals surface area contributed by atoms with Gasteiger partial charge in [0.1, 0.15) is 5.82 Å². The van der Waals surface area contributed by atoms with Crippen LogP contribution in [0.15, 0.2) is 42.5 Å². The van der Waals surface area contributed by atoms with Crippen molar-refractivity contribution in [2.75, 3.05) is 5.32 Å². The van der Waals surface area contributed by atoms with Gasteiger partial charge in [-0.2, -0.15) is 0 Å². The zero-order valence-electron chi connectivity index (χ0n) is 12.0. The molecule has 0 spiro atoms. The minimum Gasteiger partial charge on any atom is -0.376 e. The van der Waals surface area contributed by atoms with Crippen LogP contribution in [0.4, 0.5) is 10.1 Å². The SMILES string of the molecule is CC(C)c1ccc(C(C)Nc2cc(Cl)ccc2F)cc1. The van der Waals surface area contributed by atoms with E-state index < -0.39 is 0 Å². The van der Waals surface area contributed by atoms with E-state index in [0.29, 0.717) is 16.6 Å². The first kappa shape index (κ1) is 14.9. The summed E-state index contributed by atoms with van der Waals surface area (Å²) in [4.78, 5) is 0. The average Bonchev–Trinajstić information content (AvgIpc) is 2.43. The van der Waals surface area contributed by atoms with Gasteiger partial charge in [0.05, 0.1) is 5.69 Å². The normalized spacial score (nSPS) is 12.5. The maximum absolute atomic E-state index is 13.7. The number of anilines is 1. The molecule has 1 N–H and O–H groups in total. The molecule has 1 atom stereocenters. The van der Waals surface area contributed by atoms with Gasteiger partial charge in [-0.15, -0.1) is 0 Å². The first-order chi connectivity index (χ1) is 9.47. The van der Waals surface area contributed by atoms with Crippen molar-refractivity contribution in [3.63, 3.8) is 0 Å². The Morgan fingerprint density at radius 2 is 1.55 bits per heavy atom. The minimum atomic E-state index is -0.292. The summed E-state index contributed by atoms with van der Waals surface area (Å²) < 4.78 is 13.7. The van der Waals surface area contributed by atoms with E-state index in [1.54, 1.807) is 12.1 Å². The van der Waals surface area contributed by atoms with E-state index in [1.165, 1.54) is 11.6 Å². The summed E-state index contributed by atoms with van der Waals surface area (Å²) in [5.41, 5.74) is 2.85. The first-order valence-electron chi connectivity index (χ1n) is 6.79. The predicted molar refractivity (Wildman–Crippen MR) is 84.0 cm³/mol. The van der Waals surface area contributed by atoms with Gasteiger partial charge >= 0.3 is 0 Å². The van der Waals surface area contributed by atoms with Crippen LogP contribution in [0.3, 0.4) is 0 Å². The lowest BCUT2D eigenvalue weighted by Gasteiger charge is -2.17. The molecule has 0 aliphatic heterocycles. The molecule has 2 rings (SSSR count). The standard InChI is InChI=1S/C17H19ClFN/c1-11(2)13-4-6-14(7-5-13)12(3)20-17-10-15(18)8-9-16(17)19/h4-12,20H,1-3H3. The fourth-order valence-electron chi connectivity index (χ4n) is 2.09. The van der Waals surface area contributed by atoms with Crippen molar-refractivity contribution in [2.45, 2.75) is 32.7 Å². The average molecular weight is 292 g/mol. The Morgan fingerprint density at radius 1 is 0.950 bits per heavy atom. The van der Waals surface area contributed by atoms with E-state index in [4.69, 9.17) is 11.6 Å². The smallest absolute Gasteiger partial charge is 0.146 e. The summed E-state index contributed by atoms with van der Waals surface area (Å²) in [6.45, 7) is 6.33. The van der Waals surface area contributed by atoms with E-state index in [0.717, 1.165) is 5.56 Å². The lowest BCUT2D eigenvalue weighted by atomic mass is 9.99. The molecule has 2 aromatic rings. The number of benzene rings is 2. The van der Waals surface area contributed by atoms with Gasteiger partial charge in [0.25, 0.3) is 0 Å². The number of rotatable bonds is 4. The third-order valence-electron chi connectivity index (χ3n) is 3.40. The van der Waals surface area contributed by atoms with Crippen molar-refractivity contribution in [3.8, 4) is 0 Å². The van der Waals surface area contributed by atoms with Crippen molar-refractivity contribution in [1.82, 2.24) is 0 Å². The quantitative estimate of drug-likeness (QED) is 0.753. The van der Waals surface area contributed by atoms with Gasteiger partial charge in [0.2, 0.25) is 0 Å². The van der Waals surface area contributed by atoms with Crippen molar-refractivity contribution in [3.05, 3.63) is 64.4 Å². The maximum atomic E-state index is 13.7. The minimum absolute atomic E-state index is 0.0178. The second-order valence-corrected chi connectivity index (χ2v) is 5.75. The van der Waals surface area contributed by atoms with E-state index in [2.05, 4.69) is 43.4 Å². The Bertz CT molecular complexity index is 578. The van der Waals surface area contributed by atoms with Crippen LogP contribution in [0.1, 0.15) is 43.9 Å². The summed E-state index contributed by atoms with van der Waals surface area (Å²) >= 11 is 5.90. The molecule has 0 fully saturated rings. The number of halogens is 2. The molecule has 106 valence electrons. The molecule has 3 heteroatoms. The van der Waals surface area contributed by atoms with Gasteiger partial charge in [0, 0.05) is 11.1 Å². The topological polar surface area (TPSA) is 12.0 Å². The lowest BCUT2D eigenvalue weighted by Crippen LogP contribution is -2.08. The molecule has 0 aromatic heterocycles.